The molecule has 1 fully saturated rings. The second-order valence-electron chi connectivity index (χ2n) is 6.39. The lowest BCUT2D eigenvalue weighted by Crippen LogP contribution is -2.33. The predicted octanol–water partition coefficient (Wildman–Crippen LogP) is 1.30. The maximum atomic E-state index is 10.5. The zero-order valence-electron chi connectivity index (χ0n) is 15.1. The second kappa shape index (κ2) is 8.39. The lowest BCUT2D eigenvalue weighted by Gasteiger charge is -2.16. The molecule has 150 valence electrons. The predicted molar refractivity (Wildman–Crippen MR) is 100 cm³/mol. The first-order valence-corrected chi connectivity index (χ1v) is 8.80. The summed E-state index contributed by atoms with van der Waals surface area (Å²) >= 11 is 0. The van der Waals surface area contributed by atoms with Crippen LogP contribution >= 0.6 is 0 Å². The Morgan fingerprint density at radius 1 is 1.21 bits per heavy atom. The van der Waals surface area contributed by atoms with Gasteiger partial charge in [-0.25, -0.2) is 15.4 Å². The summed E-state index contributed by atoms with van der Waals surface area (Å²) in [6.45, 7) is 0.471. The second-order valence-corrected chi connectivity index (χ2v) is 6.39. The summed E-state index contributed by atoms with van der Waals surface area (Å²) in [6.07, 6.45) is -1.32. The number of hydrogen-bond donors (Lipinski definition) is 3. The monoisotopic (exact) mass is 398 g/mol. The number of benzene rings is 1. The molecule has 0 radical (unpaired) electrons. The van der Waals surface area contributed by atoms with Crippen LogP contribution in [0.15, 0.2) is 48.2 Å². The molecule has 0 amide bonds. The normalized spacial score (nSPS) is 23.8. The molecule has 1 saturated heterocycles. The summed E-state index contributed by atoms with van der Waals surface area (Å²) in [7, 11) is 0. The van der Waals surface area contributed by atoms with E-state index in [-0.39, 0.29) is 12.4 Å². The fourth-order valence-electron chi connectivity index (χ4n) is 3.15. The van der Waals surface area contributed by atoms with E-state index in [0.29, 0.717) is 17.8 Å². The Bertz CT molecular complexity index is 1020. The smallest absolute Gasteiger partial charge is 0.253 e. The molecule has 12 nitrogen and oxygen atoms in total. The highest BCUT2D eigenvalue weighted by atomic mass is 16.6. The lowest BCUT2D eigenvalue weighted by atomic mass is 10.1. The van der Waals surface area contributed by atoms with Gasteiger partial charge in [-0.15, -0.1) is 5.53 Å². The molecular formula is C17H18N8O4. The third-order valence-electron chi connectivity index (χ3n) is 4.56. The minimum Gasteiger partial charge on any atom is -0.387 e. The van der Waals surface area contributed by atoms with Crippen molar-refractivity contribution in [2.45, 2.75) is 31.1 Å². The molecule has 3 aromatic rings. The quantitative estimate of drug-likeness (QED) is 0.232. The van der Waals surface area contributed by atoms with Gasteiger partial charge >= 0.3 is 0 Å². The van der Waals surface area contributed by atoms with Crippen molar-refractivity contribution < 1.29 is 19.7 Å². The Hall–Kier alpha value is -3.28. The van der Waals surface area contributed by atoms with Crippen LogP contribution in [0, 0.1) is 0 Å². The molecule has 0 saturated carbocycles. The van der Waals surface area contributed by atoms with Crippen molar-refractivity contribution in [1.82, 2.24) is 19.5 Å². The van der Waals surface area contributed by atoms with Crippen LogP contribution in [-0.4, -0.2) is 54.7 Å². The topological polar surface area (TPSA) is 163 Å². The summed E-state index contributed by atoms with van der Waals surface area (Å²) in [4.78, 5) is 14.9. The van der Waals surface area contributed by atoms with Gasteiger partial charge < -0.3 is 19.7 Å². The zero-order valence-corrected chi connectivity index (χ0v) is 15.1. The Balaban J connectivity index is 1.48. The fraction of sp³-hybridized carbons (Fsp3) is 0.353. The minimum absolute atomic E-state index is 0.106. The lowest BCUT2D eigenvalue weighted by molar-refractivity contribution is -0.0682. The molecule has 1 aliphatic heterocycles. The van der Waals surface area contributed by atoms with Crippen molar-refractivity contribution in [3.05, 3.63) is 59.0 Å². The van der Waals surface area contributed by atoms with Crippen LogP contribution in [0.3, 0.4) is 0 Å². The standard InChI is InChI=1S/C17H18N8O4/c18-23-24-22-15-12-16(20-8-19-15)25(9-21-12)17-14(27)13(26)11(29-17)7-28-6-10-4-2-1-3-5-10/h1-5,8-9,11,13-14,17,26-27H,6-7H2,(H,19,20,22)/t11-,13-,14-,17-/m1/s1. The molecule has 4 rings (SSSR count). The number of aromatic nitrogens is 4. The van der Waals surface area contributed by atoms with Crippen LogP contribution < -0.4 is 5.43 Å². The molecule has 2 aromatic heterocycles. The molecule has 0 bridgehead atoms. The molecule has 4 atom stereocenters. The SMILES string of the molecule is [N-]=[N+]=NNc1ncnc2c1ncn2[C@@H]1O[C@H](COCc2ccccc2)[C@@H](O)[C@H]1O. The Kier molecular flexibility index (Phi) is 5.51. The van der Waals surface area contributed by atoms with Gasteiger partial charge in [0.05, 0.1) is 19.5 Å². The molecule has 0 unspecified atom stereocenters. The van der Waals surface area contributed by atoms with E-state index in [1.165, 1.54) is 17.2 Å². The zero-order chi connectivity index (χ0) is 20.2. The van der Waals surface area contributed by atoms with Crippen molar-refractivity contribution in [2.24, 2.45) is 5.22 Å². The van der Waals surface area contributed by atoms with Crippen molar-refractivity contribution in [1.29, 1.82) is 0 Å². The fourth-order valence-corrected chi connectivity index (χ4v) is 3.15. The molecule has 1 aliphatic rings. The van der Waals surface area contributed by atoms with E-state index in [9.17, 15) is 10.2 Å². The maximum absolute atomic E-state index is 10.5. The number of aliphatic hydroxyl groups is 2. The number of aliphatic hydroxyl groups excluding tert-OH is 2. The molecule has 12 heteroatoms. The number of hydrogen-bond acceptors (Lipinski definition) is 8. The van der Waals surface area contributed by atoms with Gasteiger partial charge in [-0.05, 0) is 10.8 Å². The first kappa shape index (κ1) is 19.1. The average molecular weight is 398 g/mol. The minimum atomic E-state index is -1.21. The van der Waals surface area contributed by atoms with Gasteiger partial charge in [0.2, 0.25) is 0 Å². The van der Waals surface area contributed by atoms with Crippen molar-refractivity contribution >= 4 is 17.0 Å². The van der Waals surface area contributed by atoms with Crippen LogP contribution in [0.4, 0.5) is 5.82 Å². The Labute approximate surface area is 164 Å². The average Bonchev–Trinajstić information content (AvgIpc) is 3.29. The van der Waals surface area contributed by atoms with E-state index >= 15 is 0 Å². The Morgan fingerprint density at radius 2 is 2.03 bits per heavy atom. The molecule has 3 heterocycles. The summed E-state index contributed by atoms with van der Waals surface area (Å²) in [5.74, 6) is 0.210. The first-order chi connectivity index (χ1) is 14.2. The van der Waals surface area contributed by atoms with Crippen LogP contribution in [-0.2, 0) is 16.1 Å². The van der Waals surface area contributed by atoms with E-state index < -0.39 is 24.5 Å². The van der Waals surface area contributed by atoms with Crippen LogP contribution in [0.1, 0.15) is 11.8 Å². The van der Waals surface area contributed by atoms with Crippen molar-refractivity contribution in [3.8, 4) is 0 Å². The molecule has 1 aromatic carbocycles. The van der Waals surface area contributed by atoms with Gasteiger partial charge in [0.1, 0.15) is 24.6 Å². The van der Waals surface area contributed by atoms with Gasteiger partial charge in [-0.1, -0.05) is 30.3 Å². The highest BCUT2D eigenvalue weighted by molar-refractivity contribution is 5.82. The number of rotatable bonds is 7. The van der Waals surface area contributed by atoms with Crippen LogP contribution in [0.2, 0.25) is 0 Å². The third-order valence-corrected chi connectivity index (χ3v) is 4.56. The molecular weight excluding hydrogens is 380 g/mol. The number of anilines is 1. The van der Waals surface area contributed by atoms with Crippen molar-refractivity contribution in [3.63, 3.8) is 0 Å². The number of azide groups is 1. The first-order valence-electron chi connectivity index (χ1n) is 8.80. The van der Waals surface area contributed by atoms with E-state index in [1.54, 1.807) is 0 Å². The van der Waals surface area contributed by atoms with Crippen LogP contribution in [0.5, 0.6) is 0 Å². The number of ether oxygens (including phenoxy) is 2. The van der Waals surface area contributed by atoms with Gasteiger partial charge in [0, 0.05) is 0 Å². The highest BCUT2D eigenvalue weighted by Gasteiger charge is 2.44. The number of imidazole rings is 1. The van der Waals surface area contributed by atoms with Crippen molar-refractivity contribution in [2.75, 3.05) is 12.0 Å². The summed E-state index contributed by atoms with van der Waals surface area (Å²) in [5.41, 5.74) is 12.5. The Morgan fingerprint density at radius 3 is 2.83 bits per heavy atom. The molecule has 0 spiro atoms. The van der Waals surface area contributed by atoms with Gasteiger partial charge in [0.25, 0.3) is 5.82 Å². The molecule has 29 heavy (non-hydrogen) atoms. The van der Waals surface area contributed by atoms with Crippen LogP contribution in [0.25, 0.3) is 21.6 Å². The number of nitrogens with zero attached hydrogens (tertiary/aromatic N) is 7. The van der Waals surface area contributed by atoms with E-state index in [4.69, 9.17) is 15.0 Å². The van der Waals surface area contributed by atoms with Gasteiger partial charge in [-0.2, -0.15) is 9.90 Å². The molecule has 3 N–H and O–H groups in total. The van der Waals surface area contributed by atoms with Gasteiger partial charge in [0.15, 0.2) is 17.4 Å². The summed E-state index contributed by atoms with van der Waals surface area (Å²) in [6, 6.07) is 9.61. The van der Waals surface area contributed by atoms with E-state index in [0.717, 1.165) is 5.56 Å². The third kappa shape index (κ3) is 3.83. The van der Waals surface area contributed by atoms with E-state index in [1.807, 2.05) is 30.3 Å². The number of fused-ring (bicyclic) bond motifs is 1. The summed E-state index contributed by atoms with van der Waals surface area (Å²) < 4.78 is 13.0. The largest absolute Gasteiger partial charge is 0.387 e. The number of nitrogens with one attached hydrogen (secondary N) is 1. The van der Waals surface area contributed by atoms with E-state index in [2.05, 4.69) is 30.5 Å². The molecule has 0 aliphatic carbocycles. The summed E-state index contributed by atoms with van der Waals surface area (Å²) in [5, 5.41) is 24.1. The van der Waals surface area contributed by atoms with Gasteiger partial charge in [-0.3, -0.25) is 4.57 Å². The maximum Gasteiger partial charge on any atom is 0.253 e. The highest BCUT2D eigenvalue weighted by Crippen LogP contribution is 2.32.